The van der Waals surface area contributed by atoms with Crippen molar-refractivity contribution in [2.24, 2.45) is 5.73 Å². The van der Waals surface area contributed by atoms with Gasteiger partial charge in [0.15, 0.2) is 0 Å². The highest BCUT2D eigenvalue weighted by Gasteiger charge is 2.17. The maximum absolute atomic E-state index is 11.1. The van der Waals surface area contributed by atoms with Crippen LogP contribution in [0.1, 0.15) is 24.1 Å². The van der Waals surface area contributed by atoms with Crippen LogP contribution < -0.4 is 10.5 Å². The van der Waals surface area contributed by atoms with Crippen molar-refractivity contribution in [3.8, 4) is 11.5 Å². The second kappa shape index (κ2) is 6.11. The van der Waals surface area contributed by atoms with Crippen LogP contribution in [0, 0.1) is 17.0 Å². The van der Waals surface area contributed by atoms with Crippen molar-refractivity contribution in [2.45, 2.75) is 19.9 Å². The van der Waals surface area contributed by atoms with Gasteiger partial charge in [-0.2, -0.15) is 0 Å². The third kappa shape index (κ3) is 3.51. The lowest BCUT2D eigenvalue weighted by molar-refractivity contribution is -0.385. The number of nitro groups is 1. The molecule has 21 heavy (non-hydrogen) atoms. The molecule has 0 radical (unpaired) electrons. The molecule has 2 aromatic rings. The Balaban J connectivity index is 2.37. The number of benzene rings is 2. The number of hydrogen-bond donors (Lipinski definition) is 1. The average Bonchev–Trinajstić information content (AvgIpc) is 2.42. The topological polar surface area (TPSA) is 78.4 Å². The van der Waals surface area contributed by atoms with E-state index in [1.54, 1.807) is 37.3 Å². The molecule has 6 heteroatoms. The summed E-state index contributed by atoms with van der Waals surface area (Å²) in [4.78, 5) is 10.6. The van der Waals surface area contributed by atoms with Crippen LogP contribution in [-0.4, -0.2) is 4.92 Å². The first-order valence-electron chi connectivity index (χ1n) is 6.36. The van der Waals surface area contributed by atoms with Crippen molar-refractivity contribution >= 4 is 17.3 Å². The van der Waals surface area contributed by atoms with Crippen LogP contribution in [0.15, 0.2) is 36.4 Å². The highest BCUT2D eigenvalue weighted by atomic mass is 35.5. The number of hydrogen-bond acceptors (Lipinski definition) is 4. The Morgan fingerprint density at radius 3 is 2.48 bits per heavy atom. The van der Waals surface area contributed by atoms with Crippen LogP contribution >= 0.6 is 11.6 Å². The summed E-state index contributed by atoms with van der Waals surface area (Å²) in [5.74, 6) is 0.508. The monoisotopic (exact) mass is 306 g/mol. The third-order valence-corrected chi connectivity index (χ3v) is 3.31. The van der Waals surface area contributed by atoms with Crippen molar-refractivity contribution in [3.05, 3.63) is 62.7 Å². The molecule has 110 valence electrons. The van der Waals surface area contributed by atoms with Gasteiger partial charge >= 0.3 is 5.69 Å². The molecule has 0 fully saturated rings. The van der Waals surface area contributed by atoms with E-state index in [9.17, 15) is 10.1 Å². The number of nitrogens with zero attached hydrogens (tertiary/aromatic N) is 1. The Bertz CT molecular complexity index is 687. The fourth-order valence-corrected chi connectivity index (χ4v) is 2.09. The van der Waals surface area contributed by atoms with E-state index in [2.05, 4.69) is 0 Å². The van der Waals surface area contributed by atoms with Crippen molar-refractivity contribution < 1.29 is 9.66 Å². The lowest BCUT2D eigenvalue weighted by Crippen LogP contribution is -2.04. The fourth-order valence-electron chi connectivity index (χ4n) is 1.86. The Kier molecular flexibility index (Phi) is 4.45. The summed E-state index contributed by atoms with van der Waals surface area (Å²) in [6.45, 7) is 3.62. The molecule has 0 spiro atoms. The van der Waals surface area contributed by atoms with Crippen LogP contribution in [0.5, 0.6) is 11.5 Å². The van der Waals surface area contributed by atoms with E-state index in [1.165, 1.54) is 6.07 Å². The lowest BCUT2D eigenvalue weighted by atomic mass is 10.1. The number of aryl methyl sites for hydroxylation is 1. The van der Waals surface area contributed by atoms with E-state index in [0.717, 1.165) is 11.1 Å². The highest BCUT2D eigenvalue weighted by Crippen LogP contribution is 2.36. The smallest absolute Gasteiger partial charge is 0.311 e. The first kappa shape index (κ1) is 15.3. The normalized spacial score (nSPS) is 12.0. The van der Waals surface area contributed by atoms with Gasteiger partial charge in [-0.3, -0.25) is 10.1 Å². The molecule has 1 atom stereocenters. The second-order valence-corrected chi connectivity index (χ2v) is 5.22. The molecular formula is C15H15ClN2O3. The molecule has 0 unspecified atom stereocenters. The molecule has 2 aromatic carbocycles. The average molecular weight is 307 g/mol. The maximum Gasteiger partial charge on any atom is 0.311 e. The first-order chi connectivity index (χ1) is 9.88. The van der Waals surface area contributed by atoms with Crippen molar-refractivity contribution in [3.63, 3.8) is 0 Å². The number of nitrogens with two attached hydrogens (primary N) is 1. The number of rotatable bonds is 4. The zero-order chi connectivity index (χ0) is 15.6. The molecule has 2 N–H and O–H groups in total. The Morgan fingerprint density at radius 1 is 1.24 bits per heavy atom. The van der Waals surface area contributed by atoms with Crippen LogP contribution in [0.3, 0.4) is 0 Å². The van der Waals surface area contributed by atoms with E-state index in [0.29, 0.717) is 10.8 Å². The summed E-state index contributed by atoms with van der Waals surface area (Å²) in [5, 5.41) is 11.4. The van der Waals surface area contributed by atoms with Gasteiger partial charge in [-0.05, 0) is 43.2 Å². The van der Waals surface area contributed by atoms with Crippen LogP contribution in [0.2, 0.25) is 5.02 Å². The molecule has 0 aliphatic heterocycles. The third-order valence-electron chi connectivity index (χ3n) is 3.01. The van der Waals surface area contributed by atoms with Gasteiger partial charge in [-0.1, -0.05) is 23.7 Å². The minimum atomic E-state index is -0.480. The Morgan fingerprint density at radius 2 is 1.90 bits per heavy atom. The van der Waals surface area contributed by atoms with Gasteiger partial charge in [-0.15, -0.1) is 0 Å². The van der Waals surface area contributed by atoms with Gasteiger partial charge in [0.05, 0.1) is 9.95 Å². The van der Waals surface area contributed by atoms with Gasteiger partial charge in [-0.25, -0.2) is 0 Å². The van der Waals surface area contributed by atoms with Gasteiger partial charge in [0.2, 0.25) is 5.75 Å². The van der Waals surface area contributed by atoms with E-state index in [1.807, 2.05) is 6.92 Å². The standard InChI is InChI=1S/C15H15ClN2O3/c1-9-3-5-15(13(7-9)18(19)20)21-14-6-4-11(10(2)17)8-12(14)16/h3-8,10H,17H2,1-2H3/t10-/m0/s1. The zero-order valence-electron chi connectivity index (χ0n) is 11.7. The minimum absolute atomic E-state index is 0.0951. The van der Waals surface area contributed by atoms with Crippen molar-refractivity contribution in [2.75, 3.05) is 0 Å². The lowest BCUT2D eigenvalue weighted by Gasteiger charge is -2.11. The Hall–Kier alpha value is -2.11. The van der Waals surface area contributed by atoms with Crippen molar-refractivity contribution in [1.29, 1.82) is 0 Å². The first-order valence-corrected chi connectivity index (χ1v) is 6.74. The van der Waals surface area contributed by atoms with E-state index >= 15 is 0 Å². The molecule has 0 saturated carbocycles. The highest BCUT2D eigenvalue weighted by molar-refractivity contribution is 6.32. The summed E-state index contributed by atoms with van der Waals surface area (Å²) in [6.07, 6.45) is 0. The number of nitro benzene ring substituents is 1. The molecule has 0 bridgehead atoms. The minimum Gasteiger partial charge on any atom is -0.449 e. The van der Waals surface area contributed by atoms with Crippen LogP contribution in [-0.2, 0) is 0 Å². The quantitative estimate of drug-likeness (QED) is 0.672. The second-order valence-electron chi connectivity index (χ2n) is 4.81. The summed E-state index contributed by atoms with van der Waals surface area (Å²) in [6, 6.07) is 9.75. The molecule has 0 amide bonds. The molecule has 2 rings (SSSR count). The van der Waals surface area contributed by atoms with E-state index in [4.69, 9.17) is 22.1 Å². The molecule has 0 heterocycles. The predicted octanol–water partition coefficient (Wildman–Crippen LogP) is 4.37. The molecule has 0 saturated heterocycles. The Labute approximate surface area is 127 Å². The summed E-state index contributed by atoms with van der Waals surface area (Å²) in [5.41, 5.74) is 7.33. The van der Waals surface area contributed by atoms with Crippen LogP contribution in [0.25, 0.3) is 0 Å². The molecule has 0 aliphatic carbocycles. The molecular weight excluding hydrogens is 292 g/mol. The number of ether oxygens (including phenoxy) is 1. The SMILES string of the molecule is Cc1ccc(Oc2ccc([C@H](C)N)cc2Cl)c([N+](=O)[O-])c1. The summed E-state index contributed by atoms with van der Waals surface area (Å²) in [7, 11) is 0. The maximum atomic E-state index is 11.1. The summed E-state index contributed by atoms with van der Waals surface area (Å²) < 4.78 is 5.58. The predicted molar refractivity (Wildman–Crippen MR) is 82.0 cm³/mol. The van der Waals surface area contributed by atoms with Crippen LogP contribution in [0.4, 0.5) is 5.69 Å². The number of halogens is 1. The largest absolute Gasteiger partial charge is 0.449 e. The van der Waals surface area contributed by atoms with Gasteiger partial charge in [0, 0.05) is 12.1 Å². The molecule has 0 aromatic heterocycles. The van der Waals surface area contributed by atoms with E-state index in [-0.39, 0.29) is 17.5 Å². The van der Waals surface area contributed by atoms with Crippen molar-refractivity contribution in [1.82, 2.24) is 0 Å². The summed E-state index contributed by atoms with van der Waals surface area (Å²) >= 11 is 6.14. The van der Waals surface area contributed by atoms with Gasteiger partial charge < -0.3 is 10.5 Å². The van der Waals surface area contributed by atoms with Gasteiger partial charge in [0.25, 0.3) is 0 Å². The molecule has 5 nitrogen and oxygen atoms in total. The zero-order valence-corrected chi connectivity index (χ0v) is 12.4. The molecule has 0 aliphatic rings. The fraction of sp³-hybridized carbons (Fsp3) is 0.200. The van der Waals surface area contributed by atoms with E-state index < -0.39 is 4.92 Å². The van der Waals surface area contributed by atoms with Gasteiger partial charge in [0.1, 0.15) is 5.75 Å².